The lowest BCUT2D eigenvalue weighted by Gasteiger charge is -1.99. The molecule has 0 spiro atoms. The van der Waals surface area contributed by atoms with Crippen molar-refractivity contribution in [2.45, 2.75) is 12.8 Å². The van der Waals surface area contributed by atoms with Gasteiger partial charge in [-0.1, -0.05) is 17.3 Å². The number of amidine groups is 1. The van der Waals surface area contributed by atoms with E-state index in [1.807, 2.05) is 24.3 Å². The number of nitrogens with zero attached hydrogens (tertiary/aromatic N) is 2. The monoisotopic (exact) mass is 251 g/mol. The molecular weight excluding hydrogens is 238 g/mol. The molecule has 5 heteroatoms. The Bertz CT molecular complexity index is 535. The Morgan fingerprint density at radius 3 is 2.94 bits per heavy atom. The Balaban J connectivity index is 0.00000108. The van der Waals surface area contributed by atoms with Gasteiger partial charge in [-0.2, -0.15) is 0 Å². The number of aromatic nitrogens is 1. The number of benzene rings is 1. The van der Waals surface area contributed by atoms with Crippen molar-refractivity contribution in [3.63, 3.8) is 0 Å². The fourth-order valence-corrected chi connectivity index (χ4v) is 1.97. The highest BCUT2D eigenvalue weighted by Gasteiger charge is 2.10. The zero-order chi connectivity index (χ0) is 10.8. The average molecular weight is 252 g/mol. The molecule has 0 bridgehead atoms. The fourth-order valence-electron chi connectivity index (χ4n) is 1.97. The maximum absolute atomic E-state index is 5.25. The first kappa shape index (κ1) is 11.9. The van der Waals surface area contributed by atoms with Crippen molar-refractivity contribution in [2.24, 2.45) is 4.99 Å². The van der Waals surface area contributed by atoms with Crippen LogP contribution in [0.25, 0.3) is 11.0 Å². The number of nitrogens with one attached hydrogen (secondary N) is 1. The zero-order valence-corrected chi connectivity index (χ0v) is 10.2. The van der Waals surface area contributed by atoms with Crippen molar-refractivity contribution >= 4 is 29.2 Å². The highest BCUT2D eigenvalue weighted by molar-refractivity contribution is 5.85. The maximum Gasteiger partial charge on any atom is 0.167 e. The topological polar surface area (TPSA) is 50.4 Å². The highest BCUT2D eigenvalue weighted by Crippen LogP contribution is 2.18. The molecule has 2 heterocycles. The number of halogens is 1. The molecule has 4 nitrogen and oxygen atoms in total. The van der Waals surface area contributed by atoms with Gasteiger partial charge in [0.15, 0.2) is 5.58 Å². The van der Waals surface area contributed by atoms with E-state index in [0.717, 1.165) is 48.4 Å². The van der Waals surface area contributed by atoms with E-state index in [1.54, 1.807) is 0 Å². The summed E-state index contributed by atoms with van der Waals surface area (Å²) in [5, 5.41) is 8.47. The van der Waals surface area contributed by atoms with Crippen molar-refractivity contribution < 1.29 is 4.52 Å². The molecule has 90 valence electrons. The molecule has 0 radical (unpaired) electrons. The molecule has 0 aliphatic carbocycles. The SMILES string of the molecule is Cl.c1ccc2c(CCC3=NCCN3)noc2c1. The molecular formula is C12H14ClN3O. The first-order valence-electron chi connectivity index (χ1n) is 5.54. The van der Waals surface area contributed by atoms with Crippen LogP contribution in [-0.4, -0.2) is 24.1 Å². The van der Waals surface area contributed by atoms with Crippen LogP contribution in [0, 0.1) is 0 Å². The lowest BCUT2D eigenvalue weighted by Crippen LogP contribution is -2.18. The lowest BCUT2D eigenvalue weighted by atomic mass is 10.1. The van der Waals surface area contributed by atoms with Gasteiger partial charge in [0, 0.05) is 24.8 Å². The van der Waals surface area contributed by atoms with Crippen LogP contribution in [0.3, 0.4) is 0 Å². The molecule has 2 aromatic rings. The van der Waals surface area contributed by atoms with Gasteiger partial charge in [0.05, 0.1) is 18.1 Å². The predicted octanol–water partition coefficient (Wildman–Crippen LogP) is 2.18. The highest BCUT2D eigenvalue weighted by atomic mass is 35.5. The van der Waals surface area contributed by atoms with E-state index >= 15 is 0 Å². The summed E-state index contributed by atoms with van der Waals surface area (Å²) in [4.78, 5) is 4.36. The van der Waals surface area contributed by atoms with Crippen molar-refractivity contribution in [1.29, 1.82) is 0 Å². The number of rotatable bonds is 3. The molecule has 1 N–H and O–H groups in total. The van der Waals surface area contributed by atoms with Crippen LogP contribution in [0.4, 0.5) is 0 Å². The van der Waals surface area contributed by atoms with Crippen LogP contribution in [0.1, 0.15) is 12.1 Å². The van der Waals surface area contributed by atoms with Gasteiger partial charge in [-0.15, -0.1) is 12.4 Å². The number of hydrogen-bond acceptors (Lipinski definition) is 4. The van der Waals surface area contributed by atoms with Crippen LogP contribution in [-0.2, 0) is 6.42 Å². The van der Waals surface area contributed by atoms with Crippen molar-refractivity contribution in [3.05, 3.63) is 30.0 Å². The minimum absolute atomic E-state index is 0. The third-order valence-electron chi connectivity index (χ3n) is 2.79. The van der Waals surface area contributed by atoms with E-state index in [1.165, 1.54) is 0 Å². The first-order chi connectivity index (χ1) is 7.93. The van der Waals surface area contributed by atoms with Gasteiger partial charge in [0.1, 0.15) is 0 Å². The van der Waals surface area contributed by atoms with Gasteiger partial charge in [0.25, 0.3) is 0 Å². The maximum atomic E-state index is 5.25. The molecule has 0 atom stereocenters. The van der Waals surface area contributed by atoms with E-state index in [-0.39, 0.29) is 12.4 Å². The molecule has 1 aliphatic rings. The summed E-state index contributed by atoms with van der Waals surface area (Å²) in [7, 11) is 0. The molecule has 0 unspecified atom stereocenters. The van der Waals surface area contributed by atoms with Gasteiger partial charge in [-0.25, -0.2) is 0 Å². The first-order valence-corrected chi connectivity index (χ1v) is 5.54. The predicted molar refractivity (Wildman–Crippen MR) is 69.9 cm³/mol. The zero-order valence-electron chi connectivity index (χ0n) is 9.35. The second-order valence-electron chi connectivity index (χ2n) is 3.88. The number of fused-ring (bicyclic) bond motifs is 1. The van der Waals surface area contributed by atoms with Gasteiger partial charge in [-0.3, -0.25) is 4.99 Å². The Kier molecular flexibility index (Phi) is 3.64. The van der Waals surface area contributed by atoms with Crippen LogP contribution >= 0.6 is 12.4 Å². The summed E-state index contributed by atoms with van der Waals surface area (Å²) in [6, 6.07) is 7.95. The smallest absolute Gasteiger partial charge is 0.167 e. The van der Waals surface area contributed by atoms with E-state index < -0.39 is 0 Å². The summed E-state index contributed by atoms with van der Waals surface area (Å²) in [6.45, 7) is 1.86. The van der Waals surface area contributed by atoms with Crippen LogP contribution in [0.5, 0.6) is 0 Å². The molecule has 1 aromatic carbocycles. The quantitative estimate of drug-likeness (QED) is 0.910. The third kappa shape index (κ3) is 2.42. The normalized spacial score (nSPS) is 14.2. The molecule has 0 saturated carbocycles. The van der Waals surface area contributed by atoms with Crippen molar-refractivity contribution in [1.82, 2.24) is 10.5 Å². The van der Waals surface area contributed by atoms with Crippen LogP contribution in [0.15, 0.2) is 33.8 Å². The Labute approximate surface area is 105 Å². The third-order valence-corrected chi connectivity index (χ3v) is 2.79. The van der Waals surface area contributed by atoms with E-state index in [9.17, 15) is 0 Å². The van der Waals surface area contributed by atoms with Gasteiger partial charge in [-0.05, 0) is 12.1 Å². The number of hydrogen-bond donors (Lipinski definition) is 1. The molecule has 1 aromatic heterocycles. The Morgan fingerprint density at radius 1 is 1.24 bits per heavy atom. The lowest BCUT2D eigenvalue weighted by molar-refractivity contribution is 0.446. The van der Waals surface area contributed by atoms with Gasteiger partial charge < -0.3 is 9.84 Å². The summed E-state index contributed by atoms with van der Waals surface area (Å²) in [5.41, 5.74) is 1.88. The number of para-hydroxylation sites is 1. The van der Waals surface area contributed by atoms with Gasteiger partial charge in [0.2, 0.25) is 0 Å². The molecule has 0 fully saturated rings. The summed E-state index contributed by atoms with van der Waals surface area (Å²) >= 11 is 0. The number of aryl methyl sites for hydroxylation is 1. The van der Waals surface area contributed by atoms with Gasteiger partial charge >= 0.3 is 0 Å². The fraction of sp³-hybridized carbons (Fsp3) is 0.333. The van der Waals surface area contributed by atoms with E-state index in [2.05, 4.69) is 15.5 Å². The Hall–Kier alpha value is -1.55. The molecule has 0 amide bonds. The summed E-state index contributed by atoms with van der Waals surface area (Å²) in [5.74, 6) is 1.09. The second kappa shape index (κ2) is 5.19. The standard InChI is InChI=1S/C12H13N3O.ClH/c1-2-4-11-9(3-1)10(15-16-11)5-6-12-13-7-8-14-12;/h1-4H,5-8H2,(H,13,14);1H. The van der Waals surface area contributed by atoms with Crippen LogP contribution in [0.2, 0.25) is 0 Å². The van der Waals surface area contributed by atoms with Crippen LogP contribution < -0.4 is 5.32 Å². The van der Waals surface area contributed by atoms with Crippen molar-refractivity contribution in [3.8, 4) is 0 Å². The van der Waals surface area contributed by atoms with E-state index in [0.29, 0.717) is 0 Å². The van der Waals surface area contributed by atoms with Crippen molar-refractivity contribution in [2.75, 3.05) is 13.1 Å². The summed E-state index contributed by atoms with van der Waals surface area (Å²) in [6.07, 6.45) is 1.79. The number of aliphatic imine (C=N–C) groups is 1. The molecule has 0 saturated heterocycles. The second-order valence-corrected chi connectivity index (χ2v) is 3.88. The largest absolute Gasteiger partial charge is 0.372 e. The summed E-state index contributed by atoms with van der Waals surface area (Å²) < 4.78 is 5.25. The molecule has 17 heavy (non-hydrogen) atoms. The Morgan fingerprint density at radius 2 is 2.12 bits per heavy atom. The minimum Gasteiger partial charge on any atom is -0.372 e. The minimum atomic E-state index is 0. The average Bonchev–Trinajstić information content (AvgIpc) is 2.96. The molecule has 3 rings (SSSR count). The van der Waals surface area contributed by atoms with E-state index in [4.69, 9.17) is 4.52 Å². The molecule has 1 aliphatic heterocycles.